The van der Waals surface area contributed by atoms with E-state index in [0.717, 1.165) is 30.5 Å². The minimum atomic E-state index is -4.65. The number of alkyl halides is 3. The molecule has 2 aromatic rings. The van der Waals surface area contributed by atoms with Gasteiger partial charge < -0.3 is 10.2 Å². The van der Waals surface area contributed by atoms with Gasteiger partial charge in [-0.3, -0.25) is 4.79 Å². The highest BCUT2D eigenvalue weighted by atomic mass is 35.5. The number of oxime groups is 1. The van der Waals surface area contributed by atoms with Gasteiger partial charge in [-0.05, 0) is 44.0 Å². The van der Waals surface area contributed by atoms with E-state index in [1.807, 2.05) is 0 Å². The largest absolute Gasteiger partial charge is 0.417 e. The zero-order valence-electron chi connectivity index (χ0n) is 16.9. The highest BCUT2D eigenvalue weighted by molar-refractivity contribution is 6.34. The third-order valence-corrected chi connectivity index (χ3v) is 4.98. The molecule has 1 aliphatic carbocycles. The molecule has 3 rings (SSSR count). The highest BCUT2D eigenvalue weighted by Gasteiger charge is 2.35. The Bertz CT molecular complexity index is 1070. The summed E-state index contributed by atoms with van der Waals surface area (Å²) in [6.07, 6.45) is -2.43. The van der Waals surface area contributed by atoms with Crippen molar-refractivity contribution in [1.29, 1.82) is 0 Å². The van der Waals surface area contributed by atoms with Crippen LogP contribution in [0.2, 0.25) is 5.02 Å². The Hall–Kier alpha value is -2.98. The van der Waals surface area contributed by atoms with Crippen LogP contribution in [-0.2, 0) is 11.0 Å². The van der Waals surface area contributed by atoms with Crippen LogP contribution >= 0.6 is 11.6 Å². The van der Waals surface area contributed by atoms with Crippen molar-refractivity contribution in [2.75, 3.05) is 7.11 Å². The van der Waals surface area contributed by atoms with Crippen molar-refractivity contribution in [2.45, 2.75) is 32.0 Å². The monoisotopic (exact) mass is 448 g/mol. The van der Waals surface area contributed by atoms with Crippen LogP contribution < -0.4 is 5.32 Å². The molecule has 0 bridgehead atoms. The summed E-state index contributed by atoms with van der Waals surface area (Å²) in [4.78, 5) is 17.5. The zero-order valence-corrected chi connectivity index (χ0v) is 17.6. The number of amides is 1. The minimum absolute atomic E-state index is 0.270. The molecular weight excluding hydrogens is 429 g/mol. The summed E-state index contributed by atoms with van der Waals surface area (Å²) in [5, 5.41) is 6.83. The molecule has 31 heavy (non-hydrogen) atoms. The molecule has 0 saturated heterocycles. The molecule has 2 aromatic carbocycles. The first-order chi connectivity index (χ1) is 14.7. The molecule has 1 saturated carbocycles. The second-order valence-electron chi connectivity index (χ2n) is 7.14. The number of hydrogen-bond acceptors (Lipinski definition) is 3. The molecule has 162 valence electrons. The van der Waals surface area contributed by atoms with Crippen molar-refractivity contribution in [3.63, 3.8) is 0 Å². The van der Waals surface area contributed by atoms with E-state index in [-0.39, 0.29) is 5.71 Å². The van der Waals surface area contributed by atoms with Crippen molar-refractivity contribution < 1.29 is 22.8 Å². The number of carbonyl (C=O) groups is 1. The maximum absolute atomic E-state index is 13.2. The molecule has 1 amide bonds. The molecule has 0 aliphatic heterocycles. The fourth-order valence-electron chi connectivity index (χ4n) is 2.94. The standard InChI is InChI=1S/C23H20ClF3N2O2/c1-14(28-22(30)17-5-3-4-6-19(17)23(25,26)27)21(29-31-2)18-12-11-16(13-20(18)24)10-9-15-7-8-15/h3-6,11-15H,7-8H2,1-2H3,(H,28,30)/b29-21-. The number of nitrogens with zero attached hydrogens (tertiary/aromatic N) is 1. The third-order valence-electron chi connectivity index (χ3n) is 4.67. The van der Waals surface area contributed by atoms with E-state index in [1.54, 1.807) is 25.1 Å². The lowest BCUT2D eigenvalue weighted by molar-refractivity contribution is -0.137. The normalized spacial score (nSPS) is 15.0. The lowest BCUT2D eigenvalue weighted by Gasteiger charge is -2.19. The van der Waals surface area contributed by atoms with Crippen LogP contribution in [-0.4, -0.2) is 24.8 Å². The first-order valence-corrected chi connectivity index (χ1v) is 9.98. The fraction of sp³-hybridized carbons (Fsp3) is 0.304. The van der Waals surface area contributed by atoms with Crippen molar-refractivity contribution in [3.8, 4) is 11.8 Å². The topological polar surface area (TPSA) is 50.7 Å². The van der Waals surface area contributed by atoms with Gasteiger partial charge in [0, 0.05) is 17.0 Å². The Morgan fingerprint density at radius 3 is 2.55 bits per heavy atom. The molecular formula is C23H20ClF3N2O2. The van der Waals surface area contributed by atoms with E-state index >= 15 is 0 Å². The lowest BCUT2D eigenvalue weighted by Crippen LogP contribution is -2.40. The smallest absolute Gasteiger partial charge is 0.399 e. The van der Waals surface area contributed by atoms with Crippen LogP contribution in [0, 0.1) is 17.8 Å². The lowest BCUT2D eigenvalue weighted by atomic mass is 10.0. The Labute approximate surface area is 183 Å². The van der Waals surface area contributed by atoms with E-state index in [1.165, 1.54) is 19.2 Å². The third kappa shape index (κ3) is 5.80. The zero-order chi connectivity index (χ0) is 22.6. The van der Waals surface area contributed by atoms with E-state index < -0.39 is 29.3 Å². The summed E-state index contributed by atoms with van der Waals surface area (Å²) in [5.74, 6) is 5.77. The summed E-state index contributed by atoms with van der Waals surface area (Å²) in [6.45, 7) is 1.59. The number of carbonyl (C=O) groups excluding carboxylic acids is 1. The van der Waals surface area contributed by atoms with E-state index in [9.17, 15) is 18.0 Å². The quantitative estimate of drug-likeness (QED) is 0.384. The van der Waals surface area contributed by atoms with Gasteiger partial charge in [0.15, 0.2) is 0 Å². The minimum Gasteiger partial charge on any atom is -0.399 e. The Balaban J connectivity index is 1.84. The van der Waals surface area contributed by atoms with Gasteiger partial charge in [-0.1, -0.05) is 46.8 Å². The number of rotatable bonds is 5. The first kappa shape index (κ1) is 22.7. The van der Waals surface area contributed by atoms with Gasteiger partial charge in [0.05, 0.1) is 22.2 Å². The molecule has 0 spiro atoms. The van der Waals surface area contributed by atoms with Crippen molar-refractivity contribution in [2.24, 2.45) is 11.1 Å². The molecule has 4 nitrogen and oxygen atoms in total. The second-order valence-corrected chi connectivity index (χ2v) is 7.54. The van der Waals surface area contributed by atoms with Crippen LogP contribution in [0.5, 0.6) is 0 Å². The highest BCUT2D eigenvalue weighted by Crippen LogP contribution is 2.32. The van der Waals surface area contributed by atoms with Crippen LogP contribution in [0.3, 0.4) is 0 Å². The van der Waals surface area contributed by atoms with Crippen molar-refractivity contribution in [1.82, 2.24) is 5.32 Å². The summed E-state index contributed by atoms with van der Waals surface area (Å²) in [7, 11) is 1.33. The Kier molecular flexibility index (Phi) is 6.91. The van der Waals surface area contributed by atoms with E-state index in [4.69, 9.17) is 16.4 Å². The van der Waals surface area contributed by atoms with Crippen molar-refractivity contribution >= 4 is 23.2 Å². The average molecular weight is 449 g/mol. The van der Waals surface area contributed by atoms with Gasteiger partial charge in [0.2, 0.25) is 0 Å². The number of hydrogen-bond donors (Lipinski definition) is 1. The molecule has 0 aromatic heterocycles. The van der Waals surface area contributed by atoms with Crippen LogP contribution in [0.15, 0.2) is 47.6 Å². The van der Waals surface area contributed by atoms with Gasteiger partial charge in [-0.25, -0.2) is 0 Å². The Morgan fingerprint density at radius 1 is 1.23 bits per heavy atom. The fourth-order valence-corrected chi connectivity index (χ4v) is 3.22. The number of benzene rings is 2. The SMILES string of the molecule is CO/N=C(\c1ccc(C#CC2CC2)cc1Cl)C(C)NC(=O)c1ccccc1C(F)(F)F. The van der Waals surface area contributed by atoms with Gasteiger partial charge in [-0.2, -0.15) is 13.2 Å². The summed E-state index contributed by atoms with van der Waals surface area (Å²) in [5.41, 5.74) is 0.00890. The van der Waals surface area contributed by atoms with Crippen LogP contribution in [0.25, 0.3) is 0 Å². The van der Waals surface area contributed by atoms with E-state index in [0.29, 0.717) is 16.5 Å². The predicted molar refractivity (Wildman–Crippen MR) is 113 cm³/mol. The molecule has 0 radical (unpaired) electrons. The first-order valence-electron chi connectivity index (χ1n) is 9.60. The number of halogens is 4. The molecule has 1 atom stereocenters. The average Bonchev–Trinajstić information content (AvgIpc) is 3.55. The van der Waals surface area contributed by atoms with Crippen LogP contribution in [0.4, 0.5) is 13.2 Å². The molecule has 1 aliphatic rings. The van der Waals surface area contributed by atoms with Gasteiger partial charge in [0.1, 0.15) is 12.8 Å². The maximum atomic E-state index is 13.2. The molecule has 0 heterocycles. The number of nitrogens with one attached hydrogen (secondary N) is 1. The van der Waals surface area contributed by atoms with Gasteiger partial charge in [-0.15, -0.1) is 0 Å². The van der Waals surface area contributed by atoms with Gasteiger partial charge >= 0.3 is 6.18 Å². The molecule has 8 heteroatoms. The van der Waals surface area contributed by atoms with E-state index in [2.05, 4.69) is 22.3 Å². The maximum Gasteiger partial charge on any atom is 0.417 e. The molecule has 1 fully saturated rings. The summed E-state index contributed by atoms with van der Waals surface area (Å²) >= 11 is 6.41. The second kappa shape index (κ2) is 9.44. The van der Waals surface area contributed by atoms with Crippen molar-refractivity contribution in [3.05, 3.63) is 69.7 Å². The predicted octanol–water partition coefficient (Wildman–Crippen LogP) is 5.29. The molecule has 1 N–H and O–H groups in total. The summed E-state index contributed by atoms with van der Waals surface area (Å²) < 4.78 is 39.7. The Morgan fingerprint density at radius 2 is 1.94 bits per heavy atom. The summed E-state index contributed by atoms with van der Waals surface area (Å²) in [6, 6.07) is 8.96. The van der Waals surface area contributed by atoms with Crippen LogP contribution in [0.1, 0.15) is 46.8 Å². The molecule has 1 unspecified atom stereocenters. The van der Waals surface area contributed by atoms with Gasteiger partial charge in [0.25, 0.3) is 5.91 Å².